The molecule has 0 bridgehead atoms. The monoisotopic (exact) mass is 323 g/mol. The van der Waals surface area contributed by atoms with E-state index < -0.39 is 5.79 Å². The highest BCUT2D eigenvalue weighted by atomic mass is 16.7. The van der Waals surface area contributed by atoms with Gasteiger partial charge in [0.15, 0.2) is 11.5 Å². The molecule has 2 amide bonds. The van der Waals surface area contributed by atoms with Gasteiger partial charge in [-0.15, -0.1) is 0 Å². The number of carbonyl (C=O) groups is 2. The van der Waals surface area contributed by atoms with Crippen LogP contribution in [0.4, 0.5) is 0 Å². The van der Waals surface area contributed by atoms with Crippen LogP contribution in [0.3, 0.4) is 0 Å². The van der Waals surface area contributed by atoms with Gasteiger partial charge in [-0.2, -0.15) is 0 Å². The van der Waals surface area contributed by atoms with Crippen molar-refractivity contribution in [3.63, 3.8) is 0 Å². The zero-order chi connectivity index (χ0) is 16.9. The molecule has 2 aromatic carbocycles. The summed E-state index contributed by atoms with van der Waals surface area (Å²) in [4.78, 5) is 26.0. The highest BCUT2D eigenvalue weighted by Crippen LogP contribution is 2.39. The van der Waals surface area contributed by atoms with Gasteiger partial charge < -0.3 is 9.47 Å². The Bertz CT molecular complexity index is 821. The Hall–Kier alpha value is -2.82. The van der Waals surface area contributed by atoms with Gasteiger partial charge in [-0.05, 0) is 36.2 Å². The maximum Gasteiger partial charge on any atom is 0.261 e. The Morgan fingerprint density at radius 3 is 2.21 bits per heavy atom. The largest absolute Gasteiger partial charge is 0.449 e. The highest BCUT2D eigenvalue weighted by molar-refractivity contribution is 6.21. The van der Waals surface area contributed by atoms with E-state index in [2.05, 4.69) is 0 Å². The molecule has 0 unspecified atom stereocenters. The van der Waals surface area contributed by atoms with Crippen LogP contribution < -0.4 is 9.47 Å². The quantitative estimate of drug-likeness (QED) is 0.815. The molecule has 0 spiro atoms. The van der Waals surface area contributed by atoms with Crippen molar-refractivity contribution in [3.05, 3.63) is 59.2 Å². The van der Waals surface area contributed by atoms with Gasteiger partial charge in [0.2, 0.25) is 5.79 Å². The molecule has 5 heteroatoms. The summed E-state index contributed by atoms with van der Waals surface area (Å²) in [6.07, 6.45) is 0.572. The van der Waals surface area contributed by atoms with E-state index in [1.165, 1.54) is 4.90 Å². The minimum Gasteiger partial charge on any atom is -0.449 e. The molecule has 122 valence electrons. The van der Waals surface area contributed by atoms with Crippen LogP contribution in [0.5, 0.6) is 11.5 Å². The molecule has 2 aromatic rings. The molecule has 0 N–H and O–H groups in total. The number of imide groups is 1. The van der Waals surface area contributed by atoms with Gasteiger partial charge in [-0.3, -0.25) is 14.5 Å². The number of rotatable bonds is 3. The van der Waals surface area contributed by atoms with Crippen molar-refractivity contribution in [2.24, 2.45) is 0 Å². The second-order valence-electron chi connectivity index (χ2n) is 6.44. The Labute approximate surface area is 139 Å². The van der Waals surface area contributed by atoms with E-state index in [4.69, 9.17) is 9.47 Å². The lowest BCUT2D eigenvalue weighted by atomic mass is 10.1. The van der Waals surface area contributed by atoms with Gasteiger partial charge >= 0.3 is 0 Å². The summed E-state index contributed by atoms with van der Waals surface area (Å²) in [5.74, 6) is 0.294. The van der Waals surface area contributed by atoms with Gasteiger partial charge in [0.1, 0.15) is 0 Å². The minimum absolute atomic E-state index is 0.225. The van der Waals surface area contributed by atoms with Gasteiger partial charge in [0.05, 0.1) is 11.1 Å². The Morgan fingerprint density at radius 2 is 1.54 bits per heavy atom. The van der Waals surface area contributed by atoms with Gasteiger partial charge in [0.25, 0.3) is 11.8 Å². The lowest BCUT2D eigenvalue weighted by Crippen LogP contribution is -2.31. The second kappa shape index (κ2) is 5.09. The van der Waals surface area contributed by atoms with E-state index in [9.17, 15) is 9.59 Å². The van der Waals surface area contributed by atoms with Crippen molar-refractivity contribution < 1.29 is 19.1 Å². The first-order valence-electron chi connectivity index (χ1n) is 7.91. The summed E-state index contributed by atoms with van der Waals surface area (Å²) in [6.45, 7) is 4.05. The van der Waals surface area contributed by atoms with Crippen molar-refractivity contribution in [1.29, 1.82) is 0 Å². The fourth-order valence-electron chi connectivity index (χ4n) is 3.11. The standard InChI is InChI=1S/C19H17NO4/c1-19(2)23-15-8-7-12(11-16(15)24-19)9-10-20-17(21)13-5-3-4-6-14(13)18(20)22/h3-8,11H,9-10H2,1-2H3. The molecule has 2 aliphatic heterocycles. The zero-order valence-corrected chi connectivity index (χ0v) is 13.5. The third-order valence-corrected chi connectivity index (χ3v) is 4.22. The lowest BCUT2D eigenvalue weighted by Gasteiger charge is -2.16. The maximum absolute atomic E-state index is 12.4. The zero-order valence-electron chi connectivity index (χ0n) is 13.5. The summed E-state index contributed by atoms with van der Waals surface area (Å²) < 4.78 is 11.4. The summed E-state index contributed by atoms with van der Waals surface area (Å²) >= 11 is 0. The highest BCUT2D eigenvalue weighted by Gasteiger charge is 2.35. The molecule has 0 radical (unpaired) electrons. The number of carbonyl (C=O) groups excluding carboxylic acids is 2. The van der Waals surface area contributed by atoms with Crippen molar-refractivity contribution in [2.45, 2.75) is 26.1 Å². The molecule has 0 atom stereocenters. The molecule has 2 aliphatic rings. The van der Waals surface area contributed by atoms with Crippen LogP contribution in [0.1, 0.15) is 40.1 Å². The number of hydrogen-bond donors (Lipinski definition) is 0. The summed E-state index contributed by atoms with van der Waals surface area (Å²) in [5, 5.41) is 0. The predicted octanol–water partition coefficient (Wildman–Crippen LogP) is 3.03. The molecular formula is C19H17NO4. The molecule has 0 saturated carbocycles. The third kappa shape index (κ3) is 2.33. The molecule has 0 saturated heterocycles. The van der Waals surface area contributed by atoms with E-state index in [1.807, 2.05) is 32.0 Å². The van der Waals surface area contributed by atoms with Crippen LogP contribution in [-0.2, 0) is 6.42 Å². The summed E-state index contributed by atoms with van der Waals surface area (Å²) in [7, 11) is 0. The van der Waals surface area contributed by atoms with E-state index >= 15 is 0 Å². The number of amides is 2. The van der Waals surface area contributed by atoms with Crippen molar-refractivity contribution in [2.75, 3.05) is 6.54 Å². The van der Waals surface area contributed by atoms with Crippen molar-refractivity contribution >= 4 is 11.8 Å². The van der Waals surface area contributed by atoms with Crippen molar-refractivity contribution in [1.82, 2.24) is 4.90 Å². The number of hydrogen-bond acceptors (Lipinski definition) is 4. The van der Waals surface area contributed by atoms with Crippen LogP contribution in [0, 0.1) is 0 Å². The summed E-state index contributed by atoms with van der Waals surface area (Å²) in [5.41, 5.74) is 1.96. The Morgan fingerprint density at radius 1 is 0.917 bits per heavy atom. The van der Waals surface area contributed by atoms with Gasteiger partial charge in [0, 0.05) is 20.4 Å². The number of fused-ring (bicyclic) bond motifs is 2. The molecule has 2 heterocycles. The molecule has 5 nitrogen and oxygen atoms in total. The summed E-state index contributed by atoms with van der Waals surface area (Å²) in [6, 6.07) is 12.6. The normalized spacial score (nSPS) is 17.3. The first kappa shape index (κ1) is 14.8. The lowest BCUT2D eigenvalue weighted by molar-refractivity contribution is -0.0431. The SMILES string of the molecule is CC1(C)Oc2ccc(CCN3C(=O)c4ccccc4C3=O)cc2O1. The average molecular weight is 323 g/mol. The molecule has 0 aromatic heterocycles. The van der Waals surface area contributed by atoms with Crippen LogP contribution >= 0.6 is 0 Å². The van der Waals surface area contributed by atoms with Gasteiger partial charge in [-0.1, -0.05) is 18.2 Å². The van der Waals surface area contributed by atoms with E-state index in [0.717, 1.165) is 5.56 Å². The van der Waals surface area contributed by atoms with Gasteiger partial charge in [-0.25, -0.2) is 0 Å². The number of ether oxygens (including phenoxy) is 2. The fraction of sp³-hybridized carbons (Fsp3) is 0.263. The molecule has 0 fully saturated rings. The first-order valence-corrected chi connectivity index (χ1v) is 7.91. The van der Waals surface area contributed by atoms with E-state index in [0.29, 0.717) is 35.6 Å². The fourth-order valence-corrected chi connectivity index (χ4v) is 3.11. The van der Waals surface area contributed by atoms with Crippen LogP contribution in [0.2, 0.25) is 0 Å². The Kier molecular flexibility index (Phi) is 3.13. The molecule has 24 heavy (non-hydrogen) atoms. The first-order chi connectivity index (χ1) is 11.4. The minimum atomic E-state index is -0.663. The predicted molar refractivity (Wildman–Crippen MR) is 87.3 cm³/mol. The molecule has 0 aliphatic carbocycles. The van der Waals surface area contributed by atoms with Crippen molar-refractivity contribution in [3.8, 4) is 11.5 Å². The topological polar surface area (TPSA) is 55.8 Å². The smallest absolute Gasteiger partial charge is 0.261 e. The average Bonchev–Trinajstić information content (AvgIpc) is 2.99. The van der Waals surface area contributed by atoms with Crippen LogP contribution in [0.15, 0.2) is 42.5 Å². The third-order valence-electron chi connectivity index (χ3n) is 4.22. The molecule has 4 rings (SSSR count). The van der Waals surface area contributed by atoms with E-state index in [-0.39, 0.29) is 11.8 Å². The Balaban J connectivity index is 1.49. The van der Waals surface area contributed by atoms with E-state index in [1.54, 1.807) is 24.3 Å². The van der Waals surface area contributed by atoms with Crippen LogP contribution in [-0.4, -0.2) is 29.0 Å². The molecular weight excluding hydrogens is 306 g/mol. The second-order valence-corrected chi connectivity index (χ2v) is 6.44. The number of benzene rings is 2. The maximum atomic E-state index is 12.4. The number of nitrogens with zero attached hydrogens (tertiary/aromatic N) is 1. The van der Waals surface area contributed by atoms with Crippen LogP contribution in [0.25, 0.3) is 0 Å².